The van der Waals surface area contributed by atoms with Crippen LogP contribution in [0, 0.1) is 0 Å². The average molecular weight is 424 g/mol. The summed E-state index contributed by atoms with van der Waals surface area (Å²) in [6, 6.07) is 5.52. The molecule has 0 heterocycles. The van der Waals surface area contributed by atoms with Crippen LogP contribution in [0.2, 0.25) is 0 Å². The Morgan fingerprint density at radius 3 is 1.37 bits per heavy atom. The molecule has 4 N–H and O–H groups in total. The minimum Gasteiger partial charge on any atom is -0.330 e. The van der Waals surface area contributed by atoms with Crippen LogP contribution in [0.1, 0.15) is 72.1 Å². The monoisotopic (exact) mass is 424 g/mol. The summed E-state index contributed by atoms with van der Waals surface area (Å²) in [7, 11) is 0. The third-order valence-electron chi connectivity index (χ3n) is 3.96. The normalized spacial score (nSPS) is 10.2. The second-order valence-electron chi connectivity index (χ2n) is 6.40. The molecule has 30 heavy (non-hydrogen) atoms. The number of carbonyl (C=O) groups excluding carboxylic acids is 4. The van der Waals surface area contributed by atoms with Gasteiger partial charge in [-0.05, 0) is 50.9 Å². The molecule has 0 unspecified atom stereocenters. The van der Waals surface area contributed by atoms with Crippen LogP contribution >= 0.6 is 0 Å². The molecule has 10 heteroatoms. The van der Waals surface area contributed by atoms with Gasteiger partial charge in [0.25, 0.3) is 0 Å². The number of rotatable bonds is 12. The first-order valence-corrected chi connectivity index (χ1v) is 9.82. The second-order valence-corrected chi connectivity index (χ2v) is 6.40. The van der Waals surface area contributed by atoms with E-state index in [2.05, 4.69) is 19.6 Å². The van der Waals surface area contributed by atoms with Crippen LogP contribution in [0.25, 0.3) is 0 Å². The number of carbonyl (C=O) groups is 4. The zero-order valence-electron chi connectivity index (χ0n) is 16.8. The fourth-order valence-electron chi connectivity index (χ4n) is 2.36. The molecule has 1 aromatic rings. The number of unbranched alkanes of at least 4 members (excludes halogenated alkanes) is 4. The molecule has 0 aliphatic rings. The molecular formula is C20H28N2O8. The van der Waals surface area contributed by atoms with Crippen LogP contribution in [0.3, 0.4) is 0 Å². The molecule has 0 saturated heterocycles. The molecule has 0 aliphatic carbocycles. The van der Waals surface area contributed by atoms with E-state index in [9.17, 15) is 19.2 Å². The molecule has 0 aromatic heterocycles. The lowest BCUT2D eigenvalue weighted by atomic mass is 10.1. The summed E-state index contributed by atoms with van der Waals surface area (Å²) in [5.74, 6) is -3.56. The maximum Gasteiger partial charge on any atom is 0.387 e. The van der Waals surface area contributed by atoms with Gasteiger partial charge in [-0.25, -0.2) is 38.7 Å². The maximum atomic E-state index is 12.1. The van der Waals surface area contributed by atoms with Crippen molar-refractivity contribution in [2.24, 2.45) is 11.5 Å². The predicted octanol–water partition coefficient (Wildman–Crippen LogP) is 1.95. The Kier molecular flexibility index (Phi) is 12.5. The first-order valence-electron chi connectivity index (χ1n) is 9.82. The molecular weight excluding hydrogens is 396 g/mol. The van der Waals surface area contributed by atoms with E-state index in [4.69, 9.17) is 11.5 Å². The maximum absolute atomic E-state index is 12.1. The molecule has 0 aliphatic heterocycles. The van der Waals surface area contributed by atoms with Gasteiger partial charge in [-0.15, -0.1) is 0 Å². The molecule has 166 valence electrons. The first kappa shape index (κ1) is 25.1. The van der Waals surface area contributed by atoms with Crippen LogP contribution in [-0.4, -0.2) is 37.0 Å². The standard InChI is InChI=1S/C20H28N2O8/c21-13-7-1-3-11-17(23)27-29-19(25)15-9-5-6-10-16(15)20(26)30-28-18(24)12-4-2-8-14-22/h5-6,9-10H,1-4,7-8,11-14,21-22H2. The number of hydrogen-bond donors (Lipinski definition) is 2. The van der Waals surface area contributed by atoms with Gasteiger partial charge >= 0.3 is 23.9 Å². The van der Waals surface area contributed by atoms with Crippen LogP contribution in [0.5, 0.6) is 0 Å². The van der Waals surface area contributed by atoms with Gasteiger partial charge in [0.1, 0.15) is 0 Å². The largest absolute Gasteiger partial charge is 0.387 e. The number of nitrogens with two attached hydrogens (primary N) is 2. The number of benzene rings is 1. The van der Waals surface area contributed by atoms with Gasteiger partial charge < -0.3 is 11.5 Å². The topological polar surface area (TPSA) is 157 Å². The van der Waals surface area contributed by atoms with Crippen LogP contribution < -0.4 is 11.5 Å². The van der Waals surface area contributed by atoms with Gasteiger partial charge in [-0.3, -0.25) is 0 Å². The van der Waals surface area contributed by atoms with E-state index >= 15 is 0 Å². The Bertz CT molecular complexity index is 649. The van der Waals surface area contributed by atoms with Crippen molar-refractivity contribution in [3.05, 3.63) is 35.4 Å². The smallest absolute Gasteiger partial charge is 0.330 e. The summed E-state index contributed by atoms with van der Waals surface area (Å²) >= 11 is 0. The molecule has 0 amide bonds. The Balaban J connectivity index is 2.51. The highest BCUT2D eigenvalue weighted by atomic mass is 17.2. The van der Waals surface area contributed by atoms with E-state index in [0.717, 1.165) is 25.7 Å². The van der Waals surface area contributed by atoms with E-state index in [1.54, 1.807) is 0 Å². The summed E-state index contributed by atoms with van der Waals surface area (Å²) in [6.45, 7) is 1.06. The Hall–Kier alpha value is -2.98. The molecule has 0 spiro atoms. The van der Waals surface area contributed by atoms with Crippen molar-refractivity contribution in [3.63, 3.8) is 0 Å². The van der Waals surface area contributed by atoms with Crippen LogP contribution in [-0.2, 0) is 29.1 Å². The van der Waals surface area contributed by atoms with Crippen molar-refractivity contribution < 1.29 is 38.7 Å². The summed E-state index contributed by atoms with van der Waals surface area (Å²) in [5, 5.41) is 0. The van der Waals surface area contributed by atoms with Gasteiger partial charge in [0.05, 0.1) is 24.0 Å². The number of hydrogen-bond acceptors (Lipinski definition) is 10. The lowest BCUT2D eigenvalue weighted by Crippen LogP contribution is -2.17. The molecule has 0 bridgehead atoms. The summed E-state index contributed by atoms with van der Waals surface area (Å²) in [4.78, 5) is 65.4. The summed E-state index contributed by atoms with van der Waals surface area (Å²) in [6.07, 6.45) is 4.29. The van der Waals surface area contributed by atoms with E-state index < -0.39 is 23.9 Å². The van der Waals surface area contributed by atoms with E-state index in [0.29, 0.717) is 25.9 Å². The highest BCUT2D eigenvalue weighted by molar-refractivity contribution is 6.03. The fraction of sp³-hybridized carbons (Fsp3) is 0.500. The fourth-order valence-corrected chi connectivity index (χ4v) is 2.36. The first-order chi connectivity index (χ1) is 14.5. The van der Waals surface area contributed by atoms with Gasteiger partial charge in [0.2, 0.25) is 0 Å². The SMILES string of the molecule is NCCCCCC(=O)OOC(=O)c1ccccc1C(=O)OOC(=O)CCCCCN. The molecule has 10 nitrogen and oxygen atoms in total. The van der Waals surface area contributed by atoms with Gasteiger partial charge in [0.15, 0.2) is 0 Å². The molecule has 0 radical (unpaired) electrons. The third-order valence-corrected chi connectivity index (χ3v) is 3.96. The van der Waals surface area contributed by atoms with E-state index in [1.165, 1.54) is 24.3 Å². The van der Waals surface area contributed by atoms with Crippen LogP contribution in [0.15, 0.2) is 24.3 Å². The van der Waals surface area contributed by atoms with Crippen molar-refractivity contribution in [2.75, 3.05) is 13.1 Å². The van der Waals surface area contributed by atoms with Crippen LogP contribution in [0.4, 0.5) is 0 Å². The molecule has 0 fully saturated rings. The van der Waals surface area contributed by atoms with E-state index in [-0.39, 0.29) is 24.0 Å². The predicted molar refractivity (Wildman–Crippen MR) is 105 cm³/mol. The lowest BCUT2D eigenvalue weighted by Gasteiger charge is -2.08. The highest BCUT2D eigenvalue weighted by Crippen LogP contribution is 2.13. The average Bonchev–Trinajstić information content (AvgIpc) is 2.76. The third kappa shape index (κ3) is 9.99. The molecule has 0 saturated carbocycles. The summed E-state index contributed by atoms with van der Waals surface area (Å²) in [5.41, 5.74) is 10.3. The minimum atomic E-state index is -1.06. The lowest BCUT2D eigenvalue weighted by molar-refractivity contribution is -0.235. The Morgan fingerprint density at radius 1 is 0.600 bits per heavy atom. The molecule has 1 aromatic carbocycles. The Labute approximate surface area is 174 Å². The second kappa shape index (κ2) is 14.9. The summed E-state index contributed by atoms with van der Waals surface area (Å²) < 4.78 is 0. The van der Waals surface area contributed by atoms with Crippen molar-refractivity contribution in [1.82, 2.24) is 0 Å². The highest BCUT2D eigenvalue weighted by Gasteiger charge is 2.22. The molecule has 1 rings (SSSR count). The van der Waals surface area contributed by atoms with Gasteiger partial charge in [-0.2, -0.15) is 0 Å². The van der Waals surface area contributed by atoms with Crippen molar-refractivity contribution in [2.45, 2.75) is 51.4 Å². The zero-order chi connectivity index (χ0) is 22.2. The van der Waals surface area contributed by atoms with Gasteiger partial charge in [-0.1, -0.05) is 25.0 Å². The zero-order valence-corrected chi connectivity index (χ0v) is 16.8. The Morgan fingerprint density at radius 2 is 1.00 bits per heavy atom. The van der Waals surface area contributed by atoms with E-state index in [1.807, 2.05) is 0 Å². The van der Waals surface area contributed by atoms with Crippen molar-refractivity contribution >= 4 is 23.9 Å². The minimum absolute atomic E-state index is 0.0677. The van der Waals surface area contributed by atoms with Gasteiger partial charge in [0, 0.05) is 0 Å². The van der Waals surface area contributed by atoms with Crippen molar-refractivity contribution in [3.8, 4) is 0 Å². The molecule has 0 atom stereocenters. The quantitative estimate of drug-likeness (QED) is 0.289. The van der Waals surface area contributed by atoms with Crippen molar-refractivity contribution in [1.29, 1.82) is 0 Å².